The van der Waals surface area contributed by atoms with Crippen molar-refractivity contribution in [1.82, 2.24) is 35.1 Å². The van der Waals surface area contributed by atoms with E-state index in [1.54, 1.807) is 35.3 Å². The fourth-order valence-electron chi connectivity index (χ4n) is 6.73. The third-order valence-electron chi connectivity index (χ3n) is 10.2. The largest absolute Gasteiger partial charge is 0.349 e. The number of hydrogen-bond donors (Lipinski definition) is 1. The van der Waals surface area contributed by atoms with Crippen LogP contribution >= 0.6 is 23.2 Å². The number of aromatic nitrogens is 4. The number of carbonyl (C=O) groups is 2. The van der Waals surface area contributed by atoms with Crippen molar-refractivity contribution in [2.24, 2.45) is 17.3 Å². The van der Waals surface area contributed by atoms with Gasteiger partial charge in [-0.3, -0.25) is 14.6 Å². The summed E-state index contributed by atoms with van der Waals surface area (Å²) in [6, 6.07) is 7.20. The molecule has 6 rings (SSSR count). The zero-order valence-electron chi connectivity index (χ0n) is 26.9. The van der Waals surface area contributed by atoms with Gasteiger partial charge in [0.2, 0.25) is 5.91 Å². The molecule has 4 heterocycles. The second-order valence-electron chi connectivity index (χ2n) is 13.9. The fourth-order valence-corrected chi connectivity index (χ4v) is 7.08. The lowest BCUT2D eigenvalue weighted by Gasteiger charge is -2.43. The average molecular weight is 665 g/mol. The summed E-state index contributed by atoms with van der Waals surface area (Å²) in [6.07, 6.45) is 12.2. The Balaban J connectivity index is 0.957. The van der Waals surface area contributed by atoms with Crippen LogP contribution in [0.5, 0.6) is 0 Å². The molecule has 0 radical (unpaired) electrons. The smallest absolute Gasteiger partial charge is 0.253 e. The minimum atomic E-state index is -0.194. The van der Waals surface area contributed by atoms with E-state index in [1.807, 2.05) is 17.2 Å². The molecule has 46 heavy (non-hydrogen) atoms. The van der Waals surface area contributed by atoms with E-state index >= 15 is 0 Å². The normalized spacial score (nSPS) is 23.1. The van der Waals surface area contributed by atoms with Crippen molar-refractivity contribution in [2.45, 2.75) is 65.3 Å². The highest BCUT2D eigenvalue weighted by molar-refractivity contribution is 6.34. The van der Waals surface area contributed by atoms with Crippen LogP contribution < -0.4 is 5.32 Å². The number of likely N-dealkylation sites (tertiary alicyclic amines) is 2. The first-order valence-electron chi connectivity index (χ1n) is 16.4. The lowest BCUT2D eigenvalue weighted by Crippen LogP contribution is -2.51. The molecule has 0 bridgehead atoms. The molecule has 2 amide bonds. The number of hydrogen-bond acceptors (Lipinski definition) is 6. The SMILES string of the molecule is CC1CCN(CCc2cn(-c3cncc(C(=O)NC4CC(C(=O)N5CCC(=Cc6cc(Cl)ccc6Cl)CC5)C4)c3)nn2)CC1(C)C. The Morgan fingerprint density at radius 3 is 2.63 bits per heavy atom. The molecule has 2 aliphatic heterocycles. The van der Waals surface area contributed by atoms with Crippen LogP contribution in [0.3, 0.4) is 0 Å². The first-order chi connectivity index (χ1) is 22.0. The summed E-state index contributed by atoms with van der Waals surface area (Å²) in [5.74, 6) is 0.652. The number of benzene rings is 1. The van der Waals surface area contributed by atoms with E-state index < -0.39 is 0 Å². The van der Waals surface area contributed by atoms with Gasteiger partial charge in [-0.1, -0.05) is 60.8 Å². The van der Waals surface area contributed by atoms with Crippen LogP contribution in [0.1, 0.15) is 74.5 Å². The van der Waals surface area contributed by atoms with Gasteiger partial charge < -0.3 is 15.1 Å². The second-order valence-corrected chi connectivity index (χ2v) is 14.8. The topological polar surface area (TPSA) is 96.2 Å². The Labute approximate surface area is 281 Å². The van der Waals surface area contributed by atoms with Crippen molar-refractivity contribution >= 4 is 41.1 Å². The minimum Gasteiger partial charge on any atom is -0.349 e. The summed E-state index contributed by atoms with van der Waals surface area (Å²) < 4.78 is 1.68. The zero-order chi connectivity index (χ0) is 32.4. The molecule has 2 saturated heterocycles. The van der Waals surface area contributed by atoms with Crippen LogP contribution in [0.2, 0.25) is 10.0 Å². The van der Waals surface area contributed by atoms with Gasteiger partial charge in [-0.2, -0.15) is 0 Å². The third-order valence-corrected chi connectivity index (χ3v) is 10.8. The van der Waals surface area contributed by atoms with E-state index in [0.29, 0.717) is 52.6 Å². The lowest BCUT2D eigenvalue weighted by atomic mass is 9.75. The Kier molecular flexibility index (Phi) is 9.83. The van der Waals surface area contributed by atoms with Crippen LogP contribution in [-0.2, 0) is 11.2 Å². The van der Waals surface area contributed by atoms with Crippen molar-refractivity contribution in [3.05, 3.63) is 75.3 Å². The zero-order valence-corrected chi connectivity index (χ0v) is 28.4. The molecule has 1 aliphatic carbocycles. The molecule has 0 spiro atoms. The van der Waals surface area contributed by atoms with Crippen LogP contribution in [-0.4, -0.2) is 80.4 Å². The van der Waals surface area contributed by atoms with Crippen molar-refractivity contribution in [1.29, 1.82) is 0 Å². The molecule has 244 valence electrons. The summed E-state index contributed by atoms with van der Waals surface area (Å²) in [5.41, 5.74) is 4.57. The van der Waals surface area contributed by atoms with E-state index in [2.05, 4.69) is 52.4 Å². The van der Waals surface area contributed by atoms with Gasteiger partial charge in [0.05, 0.1) is 29.3 Å². The summed E-state index contributed by atoms with van der Waals surface area (Å²) in [5, 5.41) is 13.1. The quantitative estimate of drug-likeness (QED) is 0.313. The van der Waals surface area contributed by atoms with Crippen molar-refractivity contribution in [3.63, 3.8) is 0 Å². The maximum Gasteiger partial charge on any atom is 0.253 e. The summed E-state index contributed by atoms with van der Waals surface area (Å²) in [7, 11) is 0. The second kappa shape index (κ2) is 13.8. The molecule has 3 fully saturated rings. The van der Waals surface area contributed by atoms with Gasteiger partial charge in [-0.15, -0.1) is 5.10 Å². The van der Waals surface area contributed by atoms with Crippen LogP contribution in [0.15, 0.2) is 48.4 Å². The van der Waals surface area contributed by atoms with Gasteiger partial charge in [-0.25, -0.2) is 4.68 Å². The Morgan fingerprint density at radius 1 is 1.09 bits per heavy atom. The third kappa shape index (κ3) is 7.64. The molecule has 3 aliphatic rings. The number of halogens is 2. The van der Waals surface area contributed by atoms with Crippen molar-refractivity contribution in [2.75, 3.05) is 32.7 Å². The monoisotopic (exact) mass is 663 g/mol. The Bertz CT molecular complexity index is 1600. The van der Waals surface area contributed by atoms with Crippen molar-refractivity contribution < 1.29 is 9.59 Å². The van der Waals surface area contributed by atoms with Crippen LogP contribution in [0, 0.1) is 17.3 Å². The maximum atomic E-state index is 13.2. The van der Waals surface area contributed by atoms with E-state index in [4.69, 9.17) is 23.2 Å². The van der Waals surface area contributed by atoms with Gasteiger partial charge in [0.25, 0.3) is 5.91 Å². The first kappa shape index (κ1) is 32.7. The lowest BCUT2D eigenvalue weighted by molar-refractivity contribution is -0.139. The van der Waals surface area contributed by atoms with E-state index in [1.165, 1.54) is 12.0 Å². The summed E-state index contributed by atoms with van der Waals surface area (Å²) in [6.45, 7) is 11.6. The van der Waals surface area contributed by atoms with Gasteiger partial charge >= 0.3 is 0 Å². The molecule has 1 saturated carbocycles. The molecule has 3 aromatic rings. The number of rotatable bonds is 8. The van der Waals surface area contributed by atoms with Crippen LogP contribution in [0.25, 0.3) is 11.8 Å². The number of nitrogens with one attached hydrogen (secondary N) is 1. The van der Waals surface area contributed by atoms with Gasteiger partial charge in [-0.05, 0) is 79.8 Å². The Hall–Kier alpha value is -3.27. The van der Waals surface area contributed by atoms with E-state index in [-0.39, 0.29) is 23.8 Å². The number of pyridine rings is 1. The number of piperidine rings is 2. The Morgan fingerprint density at radius 2 is 1.87 bits per heavy atom. The first-order valence-corrected chi connectivity index (χ1v) is 17.1. The molecule has 1 unspecified atom stereocenters. The summed E-state index contributed by atoms with van der Waals surface area (Å²) in [4.78, 5) is 35.0. The predicted molar refractivity (Wildman–Crippen MR) is 181 cm³/mol. The summed E-state index contributed by atoms with van der Waals surface area (Å²) >= 11 is 12.5. The number of carbonyl (C=O) groups excluding carboxylic acids is 2. The van der Waals surface area contributed by atoms with Gasteiger partial charge in [0.15, 0.2) is 0 Å². The molecule has 2 aromatic heterocycles. The van der Waals surface area contributed by atoms with E-state index in [0.717, 1.165) is 56.1 Å². The average Bonchev–Trinajstić information content (AvgIpc) is 3.50. The molecule has 1 aromatic carbocycles. The molecular weight excluding hydrogens is 621 g/mol. The molecule has 9 nitrogen and oxygen atoms in total. The molecule has 11 heteroatoms. The highest BCUT2D eigenvalue weighted by atomic mass is 35.5. The maximum absolute atomic E-state index is 13.2. The van der Waals surface area contributed by atoms with Gasteiger partial charge in [0, 0.05) is 60.8 Å². The van der Waals surface area contributed by atoms with Crippen LogP contribution in [0.4, 0.5) is 0 Å². The molecule has 1 N–H and O–H groups in total. The molecule has 1 atom stereocenters. The standard InChI is InChI=1S/C35H43Cl2N7O2/c1-23-6-10-42(22-35(23,2)3)11-9-29-21-44(41-40-29)31-18-27(19-38-20-31)33(45)39-30-16-26(17-30)34(46)43-12-7-24(8-13-43)14-25-15-28(36)4-5-32(25)37/h4-5,14-15,18-21,23,26,30H,6-13,16-17,22H2,1-3H3,(H,39,45). The fraction of sp³-hybridized carbons (Fsp3) is 0.514. The predicted octanol–water partition coefficient (Wildman–Crippen LogP) is 6.09. The number of amides is 2. The number of nitrogens with zero attached hydrogens (tertiary/aromatic N) is 6. The highest BCUT2D eigenvalue weighted by Gasteiger charge is 2.38. The molecular formula is C35H43Cl2N7O2. The van der Waals surface area contributed by atoms with E-state index in [9.17, 15) is 9.59 Å². The van der Waals surface area contributed by atoms with Crippen molar-refractivity contribution in [3.8, 4) is 5.69 Å². The highest BCUT2D eigenvalue weighted by Crippen LogP contribution is 2.34. The minimum absolute atomic E-state index is 0.0314. The van der Waals surface area contributed by atoms with Gasteiger partial charge in [0.1, 0.15) is 0 Å².